The van der Waals surface area contributed by atoms with Crippen LogP contribution in [0.1, 0.15) is 64.7 Å². The minimum Gasteiger partial charge on any atom is -0.490 e. The van der Waals surface area contributed by atoms with Crippen LogP contribution in [0.5, 0.6) is 5.75 Å². The Labute approximate surface area is 156 Å². The Morgan fingerprint density at radius 3 is 2.38 bits per heavy atom. The van der Waals surface area contributed by atoms with Gasteiger partial charge >= 0.3 is 5.97 Å². The molecule has 1 rings (SSSR count). The summed E-state index contributed by atoms with van der Waals surface area (Å²) in [7, 11) is 0. The summed E-state index contributed by atoms with van der Waals surface area (Å²) in [5, 5.41) is 2.82. The number of hydrogen-bond donors (Lipinski definition) is 1. The van der Waals surface area contributed by atoms with Crippen LogP contribution in [0.25, 0.3) is 0 Å². The van der Waals surface area contributed by atoms with E-state index in [0.29, 0.717) is 30.0 Å². The zero-order chi connectivity index (χ0) is 19.7. The number of rotatable bonds is 10. The average Bonchev–Trinajstić information content (AvgIpc) is 2.62. The Morgan fingerprint density at radius 2 is 1.85 bits per heavy atom. The molecule has 0 heterocycles. The van der Waals surface area contributed by atoms with E-state index in [4.69, 9.17) is 14.2 Å². The normalized spacial score (nSPS) is 14.2. The van der Waals surface area contributed by atoms with Gasteiger partial charge in [-0.3, -0.25) is 4.79 Å². The van der Waals surface area contributed by atoms with Crippen LogP contribution in [0, 0.1) is 0 Å². The molecule has 146 valence electrons. The molecule has 1 amide bonds. The quantitative estimate of drug-likeness (QED) is 0.630. The lowest BCUT2D eigenvalue weighted by Gasteiger charge is -2.27. The van der Waals surface area contributed by atoms with Gasteiger partial charge in [-0.1, -0.05) is 13.8 Å². The highest BCUT2D eigenvalue weighted by atomic mass is 16.5. The lowest BCUT2D eigenvalue weighted by Crippen LogP contribution is -2.42. The molecule has 6 nitrogen and oxygen atoms in total. The van der Waals surface area contributed by atoms with Crippen molar-refractivity contribution in [1.82, 2.24) is 0 Å². The third-order valence-corrected chi connectivity index (χ3v) is 4.25. The van der Waals surface area contributed by atoms with E-state index in [9.17, 15) is 9.59 Å². The van der Waals surface area contributed by atoms with Gasteiger partial charge in [-0.25, -0.2) is 4.79 Å². The number of ether oxygens (including phenoxy) is 3. The Balaban J connectivity index is 3.12. The molecule has 0 unspecified atom stereocenters. The predicted octanol–water partition coefficient (Wildman–Crippen LogP) is 4.18. The first kappa shape index (κ1) is 22.0. The lowest BCUT2D eigenvalue weighted by atomic mass is 10.0. The second-order valence-corrected chi connectivity index (χ2v) is 6.24. The molecule has 0 saturated carbocycles. The molecule has 0 aromatic heterocycles. The molecule has 6 heteroatoms. The minimum absolute atomic E-state index is 0.0371. The summed E-state index contributed by atoms with van der Waals surface area (Å²) < 4.78 is 16.5. The molecule has 0 fully saturated rings. The van der Waals surface area contributed by atoms with Gasteiger partial charge in [-0.2, -0.15) is 0 Å². The summed E-state index contributed by atoms with van der Waals surface area (Å²) in [6.45, 7) is 11.9. The van der Waals surface area contributed by atoms with E-state index in [1.165, 1.54) is 0 Å². The standard InChI is InChI=1S/C20H31NO5/c1-7-14(5)26-17-12-11-15(13-16(17)18(22)24-9-3)21-19(23)20(6,8-2)25-10-4/h11-14H,7-10H2,1-6H3,(H,21,23)/t14-,20-/m0/s1. The highest BCUT2D eigenvalue weighted by molar-refractivity contribution is 5.99. The highest BCUT2D eigenvalue weighted by Gasteiger charge is 2.32. The van der Waals surface area contributed by atoms with E-state index in [-0.39, 0.29) is 18.6 Å². The van der Waals surface area contributed by atoms with Crippen molar-refractivity contribution in [3.63, 3.8) is 0 Å². The fourth-order valence-corrected chi connectivity index (χ4v) is 2.29. The zero-order valence-electron chi connectivity index (χ0n) is 16.7. The maximum absolute atomic E-state index is 12.6. The number of hydrogen-bond acceptors (Lipinski definition) is 5. The van der Waals surface area contributed by atoms with E-state index < -0.39 is 11.6 Å². The van der Waals surface area contributed by atoms with E-state index in [0.717, 1.165) is 6.42 Å². The van der Waals surface area contributed by atoms with Gasteiger partial charge in [-0.05, 0) is 58.7 Å². The van der Waals surface area contributed by atoms with Crippen molar-refractivity contribution in [2.75, 3.05) is 18.5 Å². The molecule has 0 bridgehead atoms. The molecule has 0 radical (unpaired) electrons. The average molecular weight is 365 g/mol. The van der Waals surface area contributed by atoms with Crippen LogP contribution < -0.4 is 10.1 Å². The second-order valence-electron chi connectivity index (χ2n) is 6.24. The Hall–Kier alpha value is -2.08. The molecule has 26 heavy (non-hydrogen) atoms. The molecular weight excluding hydrogens is 334 g/mol. The van der Waals surface area contributed by atoms with Gasteiger partial charge in [0.25, 0.3) is 5.91 Å². The van der Waals surface area contributed by atoms with Gasteiger partial charge in [0, 0.05) is 12.3 Å². The molecule has 1 aromatic carbocycles. The van der Waals surface area contributed by atoms with Gasteiger partial charge in [0.05, 0.1) is 12.7 Å². The third kappa shape index (κ3) is 5.73. The third-order valence-electron chi connectivity index (χ3n) is 4.25. The van der Waals surface area contributed by atoms with Crippen molar-refractivity contribution in [3.8, 4) is 5.75 Å². The number of nitrogens with one attached hydrogen (secondary N) is 1. The fourth-order valence-electron chi connectivity index (χ4n) is 2.29. The predicted molar refractivity (Wildman–Crippen MR) is 102 cm³/mol. The lowest BCUT2D eigenvalue weighted by molar-refractivity contribution is -0.139. The monoisotopic (exact) mass is 365 g/mol. The van der Waals surface area contributed by atoms with Crippen LogP contribution in [0.3, 0.4) is 0 Å². The first-order chi connectivity index (χ1) is 12.3. The number of esters is 1. The minimum atomic E-state index is -0.926. The SMILES string of the molecule is CCOC(=O)c1cc(NC(=O)[C@](C)(CC)OCC)ccc1O[C@@H](C)CC. The Kier molecular flexibility index (Phi) is 8.58. The van der Waals surface area contributed by atoms with Crippen LogP contribution in [0.15, 0.2) is 18.2 Å². The highest BCUT2D eigenvalue weighted by Crippen LogP contribution is 2.27. The van der Waals surface area contributed by atoms with E-state index in [1.807, 2.05) is 27.7 Å². The summed E-state index contributed by atoms with van der Waals surface area (Å²) in [4.78, 5) is 24.9. The van der Waals surface area contributed by atoms with Crippen LogP contribution in [0.2, 0.25) is 0 Å². The summed E-state index contributed by atoms with van der Waals surface area (Å²) in [6.07, 6.45) is 1.31. The van der Waals surface area contributed by atoms with Crippen molar-refractivity contribution in [2.45, 2.75) is 66.1 Å². The molecule has 2 atom stereocenters. The van der Waals surface area contributed by atoms with Crippen molar-refractivity contribution in [2.24, 2.45) is 0 Å². The molecule has 0 aliphatic rings. The van der Waals surface area contributed by atoms with Gasteiger partial charge in [0.1, 0.15) is 16.9 Å². The number of anilines is 1. The van der Waals surface area contributed by atoms with E-state index in [1.54, 1.807) is 32.0 Å². The summed E-state index contributed by atoms with van der Waals surface area (Å²) >= 11 is 0. The van der Waals surface area contributed by atoms with Gasteiger partial charge in [-0.15, -0.1) is 0 Å². The summed E-state index contributed by atoms with van der Waals surface area (Å²) in [5.41, 5.74) is -0.140. The largest absolute Gasteiger partial charge is 0.490 e. The zero-order valence-corrected chi connectivity index (χ0v) is 16.7. The van der Waals surface area contributed by atoms with Crippen LogP contribution in [-0.4, -0.2) is 36.8 Å². The maximum atomic E-state index is 12.6. The molecule has 0 aliphatic carbocycles. The van der Waals surface area contributed by atoms with E-state index >= 15 is 0 Å². The first-order valence-corrected chi connectivity index (χ1v) is 9.24. The summed E-state index contributed by atoms with van der Waals surface area (Å²) in [5.74, 6) is -0.295. The number of carbonyl (C=O) groups excluding carboxylic acids is 2. The maximum Gasteiger partial charge on any atom is 0.341 e. The van der Waals surface area contributed by atoms with Gasteiger partial charge < -0.3 is 19.5 Å². The topological polar surface area (TPSA) is 73.9 Å². The second kappa shape index (κ2) is 10.2. The van der Waals surface area contributed by atoms with Gasteiger partial charge in [0.2, 0.25) is 0 Å². The molecule has 1 N–H and O–H groups in total. The molecule has 0 aliphatic heterocycles. The molecular formula is C20H31NO5. The Bertz CT molecular complexity index is 616. The summed E-state index contributed by atoms with van der Waals surface area (Å²) in [6, 6.07) is 4.97. The van der Waals surface area contributed by atoms with Gasteiger partial charge in [0.15, 0.2) is 0 Å². The number of amides is 1. The number of carbonyl (C=O) groups is 2. The smallest absolute Gasteiger partial charge is 0.341 e. The van der Waals surface area contributed by atoms with Crippen molar-refractivity contribution < 1.29 is 23.8 Å². The first-order valence-electron chi connectivity index (χ1n) is 9.24. The molecule has 0 saturated heterocycles. The van der Waals surface area contributed by atoms with Crippen LogP contribution >= 0.6 is 0 Å². The van der Waals surface area contributed by atoms with Crippen molar-refractivity contribution >= 4 is 17.6 Å². The number of benzene rings is 1. The van der Waals surface area contributed by atoms with Crippen molar-refractivity contribution in [1.29, 1.82) is 0 Å². The van der Waals surface area contributed by atoms with Crippen LogP contribution in [-0.2, 0) is 14.3 Å². The molecule has 1 aromatic rings. The molecule has 0 spiro atoms. The van der Waals surface area contributed by atoms with E-state index in [2.05, 4.69) is 5.32 Å². The Morgan fingerprint density at radius 1 is 1.15 bits per heavy atom. The van der Waals surface area contributed by atoms with Crippen LogP contribution in [0.4, 0.5) is 5.69 Å². The van der Waals surface area contributed by atoms with Crippen molar-refractivity contribution in [3.05, 3.63) is 23.8 Å². The fraction of sp³-hybridized carbons (Fsp3) is 0.600.